The molecule has 0 fully saturated rings. The highest BCUT2D eigenvalue weighted by molar-refractivity contribution is 5.86. The van der Waals surface area contributed by atoms with Gasteiger partial charge in [-0.1, -0.05) is 30.3 Å². The van der Waals surface area contributed by atoms with E-state index >= 15 is 0 Å². The monoisotopic (exact) mass is 310 g/mol. The maximum atomic E-state index is 9.04. The van der Waals surface area contributed by atoms with Crippen molar-refractivity contribution in [1.29, 1.82) is 0 Å². The highest BCUT2D eigenvalue weighted by Crippen LogP contribution is 2.28. The summed E-state index contributed by atoms with van der Waals surface area (Å²) >= 11 is 0. The molecule has 0 saturated heterocycles. The number of nitrogen functional groups attached to an aromatic ring is 1. The van der Waals surface area contributed by atoms with Gasteiger partial charge in [0, 0.05) is 23.3 Å². The average molecular weight is 310 g/mol. The summed E-state index contributed by atoms with van der Waals surface area (Å²) in [5.74, 6) is 6.89. The molecule has 0 atom stereocenters. The zero-order valence-corrected chi connectivity index (χ0v) is 13.6. The molecular formula is C18H22N4O. The topological polar surface area (TPSA) is 77.0 Å². The fourth-order valence-electron chi connectivity index (χ4n) is 2.87. The number of hydrogen-bond acceptors (Lipinski definition) is 4. The molecule has 3 rings (SSSR count). The maximum Gasteiger partial charge on any atom is 0.163 e. The number of aromatic nitrogens is 3. The van der Waals surface area contributed by atoms with Gasteiger partial charge < -0.3 is 10.9 Å². The number of aliphatic hydroxyl groups is 1. The van der Waals surface area contributed by atoms with Crippen LogP contribution in [0.2, 0.25) is 0 Å². The van der Waals surface area contributed by atoms with Crippen molar-refractivity contribution in [2.75, 3.05) is 12.4 Å². The lowest BCUT2D eigenvalue weighted by molar-refractivity contribution is 0.284. The molecule has 0 unspecified atom stereocenters. The van der Waals surface area contributed by atoms with E-state index in [0.29, 0.717) is 5.82 Å². The quantitative estimate of drug-likeness (QED) is 0.561. The van der Waals surface area contributed by atoms with Crippen molar-refractivity contribution < 1.29 is 5.11 Å². The number of benzene rings is 1. The van der Waals surface area contributed by atoms with Crippen molar-refractivity contribution in [2.45, 2.75) is 33.1 Å². The standard InChI is InChI=1S/C18H22N4O/c1-12-13(2)22(19)18-16(12)15(10-6-7-11-23)20-17(21-18)14-8-4-3-5-9-14/h3-5,8-9,23H,6-7,10-11,19H2,1-2H3. The highest BCUT2D eigenvalue weighted by Gasteiger charge is 2.17. The Morgan fingerprint density at radius 2 is 1.83 bits per heavy atom. The van der Waals surface area contributed by atoms with Crippen LogP contribution in [0.15, 0.2) is 30.3 Å². The minimum Gasteiger partial charge on any atom is -0.396 e. The number of hydrogen-bond donors (Lipinski definition) is 2. The normalized spacial score (nSPS) is 11.3. The van der Waals surface area contributed by atoms with Gasteiger partial charge in [-0.05, 0) is 38.7 Å². The molecule has 23 heavy (non-hydrogen) atoms. The second-order valence-electron chi connectivity index (χ2n) is 5.82. The summed E-state index contributed by atoms with van der Waals surface area (Å²) in [6, 6.07) is 9.94. The molecule has 0 radical (unpaired) electrons. The second-order valence-corrected chi connectivity index (χ2v) is 5.82. The number of unbranched alkanes of at least 4 members (excludes halogenated alkanes) is 1. The van der Waals surface area contributed by atoms with Crippen molar-refractivity contribution in [3.63, 3.8) is 0 Å². The van der Waals surface area contributed by atoms with Crippen LogP contribution in [0.1, 0.15) is 29.8 Å². The molecule has 3 N–H and O–H groups in total. The van der Waals surface area contributed by atoms with Crippen molar-refractivity contribution in [3.8, 4) is 11.4 Å². The summed E-state index contributed by atoms with van der Waals surface area (Å²) in [6.45, 7) is 4.26. The first-order chi connectivity index (χ1) is 11.1. The summed E-state index contributed by atoms with van der Waals surface area (Å²) in [4.78, 5) is 9.49. The van der Waals surface area contributed by atoms with Crippen LogP contribution in [0.25, 0.3) is 22.4 Å². The molecule has 5 heteroatoms. The molecular weight excluding hydrogens is 288 g/mol. The van der Waals surface area contributed by atoms with Crippen LogP contribution < -0.4 is 5.84 Å². The lowest BCUT2D eigenvalue weighted by Crippen LogP contribution is -2.11. The van der Waals surface area contributed by atoms with Crippen molar-refractivity contribution in [1.82, 2.24) is 14.6 Å². The lowest BCUT2D eigenvalue weighted by atomic mass is 10.1. The van der Waals surface area contributed by atoms with Crippen LogP contribution >= 0.6 is 0 Å². The van der Waals surface area contributed by atoms with Crippen LogP contribution in [0.4, 0.5) is 0 Å². The molecule has 0 bridgehead atoms. The van der Waals surface area contributed by atoms with Gasteiger partial charge in [0.2, 0.25) is 0 Å². The van der Waals surface area contributed by atoms with E-state index < -0.39 is 0 Å². The van der Waals surface area contributed by atoms with Crippen LogP contribution in [0, 0.1) is 13.8 Å². The van der Waals surface area contributed by atoms with Gasteiger partial charge in [0.15, 0.2) is 11.5 Å². The minimum atomic E-state index is 0.204. The third kappa shape index (κ3) is 2.80. The molecule has 5 nitrogen and oxygen atoms in total. The van der Waals surface area contributed by atoms with Gasteiger partial charge >= 0.3 is 0 Å². The van der Waals surface area contributed by atoms with Crippen LogP contribution in [-0.2, 0) is 6.42 Å². The summed E-state index contributed by atoms with van der Waals surface area (Å²) in [5.41, 5.74) is 4.89. The second kappa shape index (κ2) is 6.38. The first-order valence-electron chi connectivity index (χ1n) is 7.93. The molecule has 1 aromatic carbocycles. The molecule has 0 aliphatic heterocycles. The molecule has 0 aliphatic carbocycles. The Bertz CT molecular complexity index is 824. The average Bonchev–Trinajstić information content (AvgIpc) is 2.80. The van der Waals surface area contributed by atoms with E-state index in [1.165, 1.54) is 0 Å². The Labute approximate surface area is 135 Å². The number of nitrogens with zero attached hydrogens (tertiary/aromatic N) is 3. The largest absolute Gasteiger partial charge is 0.396 e. The Morgan fingerprint density at radius 3 is 2.52 bits per heavy atom. The van der Waals surface area contributed by atoms with E-state index in [0.717, 1.165) is 52.8 Å². The molecule has 2 heterocycles. The van der Waals surface area contributed by atoms with Crippen LogP contribution in [0.5, 0.6) is 0 Å². The number of nitrogens with two attached hydrogens (primary N) is 1. The number of rotatable bonds is 5. The summed E-state index contributed by atoms with van der Waals surface area (Å²) in [6.07, 6.45) is 2.47. The number of aliphatic hydroxyl groups excluding tert-OH is 1. The molecule has 0 amide bonds. The van der Waals surface area contributed by atoms with E-state index in [9.17, 15) is 0 Å². The van der Waals surface area contributed by atoms with E-state index in [-0.39, 0.29) is 6.61 Å². The van der Waals surface area contributed by atoms with Gasteiger partial charge in [0.25, 0.3) is 0 Å². The first-order valence-corrected chi connectivity index (χ1v) is 7.93. The Balaban J connectivity index is 2.18. The number of aryl methyl sites for hydroxylation is 2. The molecule has 3 aromatic rings. The predicted molar refractivity (Wildman–Crippen MR) is 92.6 cm³/mol. The van der Waals surface area contributed by atoms with Gasteiger partial charge in [-0.2, -0.15) is 0 Å². The Hall–Kier alpha value is -2.40. The summed E-state index contributed by atoms with van der Waals surface area (Å²) in [7, 11) is 0. The molecule has 120 valence electrons. The summed E-state index contributed by atoms with van der Waals surface area (Å²) in [5, 5.41) is 10.1. The fraction of sp³-hybridized carbons (Fsp3) is 0.333. The zero-order valence-electron chi connectivity index (χ0n) is 13.6. The fourth-order valence-corrected chi connectivity index (χ4v) is 2.87. The lowest BCUT2D eigenvalue weighted by Gasteiger charge is -2.08. The first kappa shape index (κ1) is 15.5. The molecule has 0 saturated carbocycles. The smallest absolute Gasteiger partial charge is 0.163 e. The number of fused-ring (bicyclic) bond motifs is 1. The van der Waals surface area contributed by atoms with E-state index in [1.54, 1.807) is 4.68 Å². The van der Waals surface area contributed by atoms with E-state index in [1.807, 2.05) is 37.3 Å². The van der Waals surface area contributed by atoms with Gasteiger partial charge in [0.05, 0.1) is 5.69 Å². The van der Waals surface area contributed by atoms with Gasteiger partial charge in [0.1, 0.15) is 0 Å². The third-order valence-electron chi connectivity index (χ3n) is 4.33. The maximum absolute atomic E-state index is 9.04. The molecule has 0 spiro atoms. The molecule has 2 aromatic heterocycles. The van der Waals surface area contributed by atoms with Gasteiger partial charge in [-0.15, -0.1) is 0 Å². The highest BCUT2D eigenvalue weighted by atomic mass is 16.2. The van der Waals surface area contributed by atoms with Crippen molar-refractivity contribution in [2.24, 2.45) is 0 Å². The van der Waals surface area contributed by atoms with Gasteiger partial charge in [-0.3, -0.25) is 0 Å². The SMILES string of the molecule is Cc1c(C)n(N)c2nc(-c3ccccc3)nc(CCCCO)c12. The third-order valence-corrected chi connectivity index (χ3v) is 4.33. The summed E-state index contributed by atoms with van der Waals surface area (Å²) < 4.78 is 1.65. The van der Waals surface area contributed by atoms with Crippen molar-refractivity contribution in [3.05, 3.63) is 47.3 Å². The Kier molecular flexibility index (Phi) is 4.30. The van der Waals surface area contributed by atoms with E-state index in [4.69, 9.17) is 20.9 Å². The molecule has 0 aliphatic rings. The minimum absolute atomic E-state index is 0.204. The zero-order chi connectivity index (χ0) is 16.4. The van der Waals surface area contributed by atoms with Crippen LogP contribution in [-0.4, -0.2) is 26.4 Å². The van der Waals surface area contributed by atoms with E-state index in [2.05, 4.69) is 6.92 Å². The van der Waals surface area contributed by atoms with Crippen LogP contribution in [0.3, 0.4) is 0 Å². The Morgan fingerprint density at radius 1 is 1.09 bits per heavy atom. The van der Waals surface area contributed by atoms with Crippen molar-refractivity contribution >= 4 is 11.0 Å². The predicted octanol–water partition coefficient (Wildman–Crippen LogP) is 2.74. The van der Waals surface area contributed by atoms with Gasteiger partial charge in [-0.25, -0.2) is 14.6 Å².